The van der Waals surface area contributed by atoms with Gasteiger partial charge < -0.3 is 9.47 Å². The first-order valence-corrected chi connectivity index (χ1v) is 11.2. The maximum Gasteiger partial charge on any atom is 0.458 e. The molecule has 1 aliphatic carbocycles. The molecule has 8 heteroatoms. The van der Waals surface area contributed by atoms with Crippen molar-refractivity contribution >= 4 is 10.8 Å². The molecule has 0 radical (unpaired) electrons. The van der Waals surface area contributed by atoms with Crippen molar-refractivity contribution in [3.63, 3.8) is 0 Å². The first-order chi connectivity index (χ1) is 16.1. The van der Waals surface area contributed by atoms with Crippen LogP contribution in [0.25, 0.3) is 10.8 Å². The van der Waals surface area contributed by atoms with Gasteiger partial charge in [0.2, 0.25) is 0 Å². The molecule has 182 valence electrons. The monoisotopic (exact) mass is 482 g/mol. The molecular formula is C26H24F6O2. The molecule has 34 heavy (non-hydrogen) atoms. The van der Waals surface area contributed by atoms with E-state index in [1.54, 1.807) is 0 Å². The molecule has 3 atom stereocenters. The maximum atomic E-state index is 14.6. The Hall–Kier alpha value is -2.66. The SMILES string of the molecule is CC1CC=C(C2CCC(COc3cc(F)c4c(F)c(C#CC(F)(F)F)c(F)cc4c3)OC2)CC1. The fraction of sp³-hybridized carbons (Fsp3) is 0.462. The van der Waals surface area contributed by atoms with Crippen LogP contribution in [-0.2, 0) is 4.74 Å². The summed E-state index contributed by atoms with van der Waals surface area (Å²) >= 11 is 0. The van der Waals surface area contributed by atoms with Crippen molar-refractivity contribution in [2.24, 2.45) is 11.8 Å². The highest BCUT2D eigenvalue weighted by Crippen LogP contribution is 2.34. The van der Waals surface area contributed by atoms with E-state index in [1.807, 2.05) is 0 Å². The highest BCUT2D eigenvalue weighted by atomic mass is 19.4. The fourth-order valence-electron chi connectivity index (χ4n) is 4.49. The van der Waals surface area contributed by atoms with Crippen molar-refractivity contribution in [1.29, 1.82) is 0 Å². The summed E-state index contributed by atoms with van der Waals surface area (Å²) in [7, 11) is 0. The standard InChI is InChI=1S/C26H24F6O2/c1-15-2-4-16(5-3-15)17-6-7-19(33-13-17)14-34-20-10-18-11-22(27)21(8-9-26(30,31)32)25(29)24(18)23(28)12-20/h4,10-12,15,17,19H,2-3,5-7,13-14H2,1H3. The number of halogens is 6. The predicted octanol–water partition coefficient (Wildman–Crippen LogP) is 7.09. The number of ether oxygens (including phenoxy) is 2. The predicted molar refractivity (Wildman–Crippen MR) is 116 cm³/mol. The molecule has 0 spiro atoms. The van der Waals surface area contributed by atoms with Gasteiger partial charge in [-0.15, -0.1) is 0 Å². The van der Waals surface area contributed by atoms with Crippen LogP contribution in [0, 0.1) is 41.1 Å². The Balaban J connectivity index is 1.43. The summed E-state index contributed by atoms with van der Waals surface area (Å²) in [5.74, 6) is -0.490. The smallest absolute Gasteiger partial charge is 0.458 e. The van der Waals surface area contributed by atoms with Crippen molar-refractivity contribution in [3.8, 4) is 17.6 Å². The minimum atomic E-state index is -4.93. The minimum Gasteiger partial charge on any atom is -0.491 e. The zero-order valence-corrected chi connectivity index (χ0v) is 18.6. The molecule has 2 aromatic carbocycles. The van der Waals surface area contributed by atoms with Gasteiger partial charge in [0, 0.05) is 17.9 Å². The van der Waals surface area contributed by atoms with Crippen molar-refractivity contribution in [1.82, 2.24) is 0 Å². The maximum absolute atomic E-state index is 14.6. The van der Waals surface area contributed by atoms with Crippen molar-refractivity contribution < 1.29 is 35.8 Å². The molecule has 0 amide bonds. The van der Waals surface area contributed by atoms with E-state index in [2.05, 4.69) is 13.0 Å². The Morgan fingerprint density at radius 3 is 2.50 bits per heavy atom. The topological polar surface area (TPSA) is 18.5 Å². The molecule has 2 aromatic rings. The van der Waals surface area contributed by atoms with Crippen LogP contribution in [0.15, 0.2) is 29.8 Å². The number of allylic oxidation sites excluding steroid dienone is 1. The lowest BCUT2D eigenvalue weighted by Crippen LogP contribution is -2.31. The van der Waals surface area contributed by atoms with Crippen LogP contribution >= 0.6 is 0 Å². The van der Waals surface area contributed by atoms with Crippen molar-refractivity contribution in [2.45, 2.75) is 51.3 Å². The Kier molecular flexibility index (Phi) is 7.13. The highest BCUT2D eigenvalue weighted by molar-refractivity contribution is 5.86. The molecule has 0 bridgehead atoms. The molecular weight excluding hydrogens is 458 g/mol. The lowest BCUT2D eigenvalue weighted by Gasteiger charge is -2.32. The number of alkyl halides is 3. The number of benzene rings is 2. The molecule has 0 aromatic heterocycles. The largest absolute Gasteiger partial charge is 0.491 e. The van der Waals surface area contributed by atoms with E-state index in [-0.39, 0.29) is 23.8 Å². The van der Waals surface area contributed by atoms with Crippen LogP contribution < -0.4 is 4.74 Å². The number of hydrogen-bond acceptors (Lipinski definition) is 2. The van der Waals surface area contributed by atoms with Crippen LogP contribution in [0.4, 0.5) is 26.3 Å². The molecule has 4 rings (SSSR count). The zero-order valence-electron chi connectivity index (χ0n) is 18.6. The second-order valence-corrected chi connectivity index (χ2v) is 9.00. The Morgan fingerprint density at radius 2 is 1.85 bits per heavy atom. The molecule has 1 fully saturated rings. The van der Waals surface area contributed by atoms with Gasteiger partial charge in [-0.2, -0.15) is 13.2 Å². The lowest BCUT2D eigenvalue weighted by atomic mass is 9.82. The highest BCUT2D eigenvalue weighted by Gasteiger charge is 2.27. The van der Waals surface area contributed by atoms with Crippen molar-refractivity contribution in [3.05, 3.63) is 52.9 Å². The average molecular weight is 482 g/mol. The Labute approximate surface area is 193 Å². The summed E-state index contributed by atoms with van der Waals surface area (Å²) in [6.45, 7) is 2.99. The molecule has 3 unspecified atom stereocenters. The van der Waals surface area contributed by atoms with Crippen molar-refractivity contribution in [2.75, 3.05) is 13.2 Å². The van der Waals surface area contributed by atoms with Gasteiger partial charge >= 0.3 is 6.18 Å². The van der Waals surface area contributed by atoms with Gasteiger partial charge in [-0.05, 0) is 55.5 Å². The average Bonchev–Trinajstić information content (AvgIpc) is 2.77. The second kappa shape index (κ2) is 9.91. The first kappa shape index (κ1) is 24.5. The van der Waals surface area contributed by atoms with E-state index in [0.717, 1.165) is 49.7 Å². The van der Waals surface area contributed by atoms with Gasteiger partial charge in [0.15, 0.2) is 5.82 Å². The summed E-state index contributed by atoms with van der Waals surface area (Å²) in [6, 6.07) is 2.91. The Morgan fingerprint density at radius 1 is 1.06 bits per heavy atom. The number of hydrogen-bond donors (Lipinski definition) is 0. The van der Waals surface area contributed by atoms with Crippen LogP contribution in [-0.4, -0.2) is 25.5 Å². The van der Waals surface area contributed by atoms with Crippen LogP contribution in [0.2, 0.25) is 0 Å². The van der Waals surface area contributed by atoms with E-state index >= 15 is 0 Å². The van der Waals surface area contributed by atoms with Crippen LogP contribution in [0.1, 0.15) is 44.6 Å². The number of rotatable bonds is 4. The van der Waals surface area contributed by atoms with Gasteiger partial charge in [0.25, 0.3) is 0 Å². The molecule has 0 saturated carbocycles. The van der Waals surface area contributed by atoms with Crippen LogP contribution in [0.5, 0.6) is 5.75 Å². The molecule has 1 saturated heterocycles. The third kappa shape index (κ3) is 5.69. The Bertz CT molecular complexity index is 1150. The van der Waals surface area contributed by atoms with Gasteiger partial charge in [-0.25, -0.2) is 13.2 Å². The third-order valence-electron chi connectivity index (χ3n) is 6.42. The zero-order chi connectivity index (χ0) is 24.5. The van der Waals surface area contributed by atoms with E-state index in [9.17, 15) is 26.3 Å². The van der Waals surface area contributed by atoms with Gasteiger partial charge in [-0.1, -0.05) is 24.5 Å². The van der Waals surface area contributed by atoms with Gasteiger partial charge in [0.05, 0.1) is 23.7 Å². The van der Waals surface area contributed by atoms with E-state index < -0.39 is 34.6 Å². The quantitative estimate of drug-likeness (QED) is 0.263. The fourth-order valence-corrected chi connectivity index (χ4v) is 4.49. The number of fused-ring (bicyclic) bond motifs is 1. The minimum absolute atomic E-state index is 0.0487. The molecule has 1 aliphatic heterocycles. The molecule has 2 nitrogen and oxygen atoms in total. The van der Waals surface area contributed by atoms with Gasteiger partial charge in [-0.3, -0.25) is 0 Å². The summed E-state index contributed by atoms with van der Waals surface area (Å²) in [5.41, 5.74) is 0.322. The van der Waals surface area contributed by atoms with Crippen LogP contribution in [0.3, 0.4) is 0 Å². The van der Waals surface area contributed by atoms with Gasteiger partial charge in [0.1, 0.15) is 24.0 Å². The van der Waals surface area contributed by atoms with E-state index in [4.69, 9.17) is 9.47 Å². The first-order valence-electron chi connectivity index (χ1n) is 11.2. The molecule has 0 N–H and O–H groups in total. The van der Waals surface area contributed by atoms with E-state index in [0.29, 0.717) is 12.5 Å². The summed E-state index contributed by atoms with van der Waals surface area (Å²) in [6.07, 6.45) is 2.35. The van der Waals surface area contributed by atoms with E-state index in [1.165, 1.54) is 24.0 Å². The molecule has 1 heterocycles. The normalized spacial score (nSPS) is 23.3. The third-order valence-corrected chi connectivity index (χ3v) is 6.42. The summed E-state index contributed by atoms with van der Waals surface area (Å²) in [4.78, 5) is 0. The molecule has 2 aliphatic rings. The lowest BCUT2D eigenvalue weighted by molar-refractivity contribution is -0.0696. The second-order valence-electron chi connectivity index (χ2n) is 9.00. The summed E-state index contributed by atoms with van der Waals surface area (Å²) in [5, 5.41) is -0.822. The summed E-state index contributed by atoms with van der Waals surface area (Å²) < 4.78 is 91.8.